The summed E-state index contributed by atoms with van der Waals surface area (Å²) in [6, 6.07) is 14.0. The molecule has 1 aromatic heterocycles. The smallest absolute Gasteiger partial charge is 0.303 e. The van der Waals surface area contributed by atoms with E-state index in [1.54, 1.807) is 20.4 Å². The number of aryl methyl sites for hydroxylation is 1. The number of aliphatic carboxylic acids is 1. The molecule has 4 rings (SSSR count). The number of hydrogen-bond acceptors (Lipinski definition) is 6. The zero-order valence-electron chi connectivity index (χ0n) is 22.2. The first-order valence-electron chi connectivity index (χ1n) is 13.2. The van der Waals surface area contributed by atoms with Gasteiger partial charge in [0, 0.05) is 16.5 Å². The fourth-order valence-corrected chi connectivity index (χ4v) is 6.73. The molecule has 204 valence electrons. The Labute approximate surface area is 234 Å². The molecule has 0 atom stereocenters. The summed E-state index contributed by atoms with van der Waals surface area (Å²) < 4.78 is 10.9. The van der Waals surface area contributed by atoms with Crippen LogP contribution in [0.4, 0.5) is 0 Å². The van der Waals surface area contributed by atoms with Crippen molar-refractivity contribution in [2.24, 2.45) is 5.41 Å². The third kappa shape index (κ3) is 7.33. The van der Waals surface area contributed by atoms with Crippen LogP contribution in [-0.4, -0.2) is 60.6 Å². The Balaban J connectivity index is 1.30. The number of aromatic nitrogens is 1. The van der Waals surface area contributed by atoms with Crippen LogP contribution in [0, 0.1) is 5.41 Å². The summed E-state index contributed by atoms with van der Waals surface area (Å²) in [5.74, 6) is 2.03. The minimum Gasteiger partial charge on any atom is -0.497 e. The molecule has 0 spiro atoms. The first kappa shape index (κ1) is 28.5. The lowest BCUT2D eigenvalue weighted by molar-refractivity contribution is -0.140. The van der Waals surface area contributed by atoms with E-state index >= 15 is 0 Å². The normalized spacial score (nSPS) is 15.4. The van der Waals surface area contributed by atoms with Crippen LogP contribution in [0.2, 0.25) is 5.02 Å². The van der Waals surface area contributed by atoms with E-state index in [0.717, 1.165) is 91.9 Å². The summed E-state index contributed by atoms with van der Waals surface area (Å²) in [4.78, 5) is 19.9. The van der Waals surface area contributed by atoms with E-state index in [0.29, 0.717) is 5.02 Å². The Kier molecular flexibility index (Phi) is 10.2. The lowest BCUT2D eigenvalue weighted by Gasteiger charge is -2.41. The number of halogens is 1. The molecule has 0 bridgehead atoms. The first-order valence-corrected chi connectivity index (χ1v) is 14.6. The van der Waals surface area contributed by atoms with Gasteiger partial charge < -0.3 is 19.5 Å². The van der Waals surface area contributed by atoms with Crippen molar-refractivity contribution < 1.29 is 19.4 Å². The minimum absolute atomic E-state index is 0.165. The first-order chi connectivity index (χ1) is 18.4. The fourth-order valence-electron chi connectivity index (χ4n) is 5.52. The van der Waals surface area contributed by atoms with E-state index in [9.17, 15) is 9.90 Å². The molecule has 0 saturated carbocycles. The number of nitrogens with zero attached hydrogens (tertiary/aromatic N) is 2. The average molecular weight is 557 g/mol. The highest BCUT2D eigenvalue weighted by molar-refractivity contribution is 7.99. The van der Waals surface area contributed by atoms with Crippen molar-refractivity contribution >= 4 is 40.2 Å². The number of methoxy groups -OCH3 is 2. The van der Waals surface area contributed by atoms with Gasteiger partial charge in [0.1, 0.15) is 11.5 Å². The Morgan fingerprint density at radius 2 is 1.92 bits per heavy atom. The molecule has 1 aliphatic rings. The van der Waals surface area contributed by atoms with Gasteiger partial charge in [0.25, 0.3) is 0 Å². The SMILES string of the molecule is COc1ccc2ncc(Cl)c(CCCC3(CC(=O)O)CCN(CCCSc4ccccc4OC)CC3)c2c1. The van der Waals surface area contributed by atoms with Gasteiger partial charge in [0.15, 0.2) is 0 Å². The number of thioether (sulfide) groups is 1. The molecule has 2 heterocycles. The molecule has 0 aliphatic carbocycles. The molecular weight excluding hydrogens is 520 g/mol. The molecule has 0 amide bonds. The monoisotopic (exact) mass is 556 g/mol. The number of ether oxygens (including phenoxy) is 2. The number of para-hydroxylation sites is 1. The second-order valence-corrected chi connectivity index (χ2v) is 11.6. The van der Waals surface area contributed by atoms with Crippen molar-refractivity contribution in [1.29, 1.82) is 0 Å². The lowest BCUT2D eigenvalue weighted by atomic mass is 9.72. The van der Waals surface area contributed by atoms with Crippen molar-refractivity contribution in [3.8, 4) is 11.5 Å². The zero-order valence-corrected chi connectivity index (χ0v) is 23.8. The van der Waals surface area contributed by atoms with Crippen LogP contribution in [0.5, 0.6) is 11.5 Å². The molecule has 1 N–H and O–H groups in total. The number of piperidine rings is 1. The van der Waals surface area contributed by atoms with Gasteiger partial charge in [0.05, 0.1) is 31.2 Å². The Morgan fingerprint density at radius 3 is 2.66 bits per heavy atom. The Morgan fingerprint density at radius 1 is 1.13 bits per heavy atom. The Bertz CT molecular complexity index is 1230. The van der Waals surface area contributed by atoms with E-state index in [1.165, 1.54) is 4.90 Å². The number of carboxylic acids is 1. The molecule has 1 fully saturated rings. The average Bonchev–Trinajstić information content (AvgIpc) is 2.93. The predicted molar refractivity (Wildman–Crippen MR) is 155 cm³/mol. The van der Waals surface area contributed by atoms with Crippen LogP contribution in [0.1, 0.15) is 44.1 Å². The van der Waals surface area contributed by atoms with Gasteiger partial charge in [-0.2, -0.15) is 0 Å². The number of carbonyl (C=O) groups is 1. The number of likely N-dealkylation sites (tertiary alicyclic amines) is 1. The number of pyridine rings is 1. The second-order valence-electron chi connectivity index (χ2n) is 10.1. The summed E-state index contributed by atoms with van der Waals surface area (Å²) in [5, 5.41) is 11.4. The van der Waals surface area contributed by atoms with Gasteiger partial charge >= 0.3 is 5.97 Å². The van der Waals surface area contributed by atoms with Crippen LogP contribution in [0.25, 0.3) is 10.9 Å². The number of hydrogen-bond donors (Lipinski definition) is 1. The second kappa shape index (κ2) is 13.5. The quantitative estimate of drug-likeness (QED) is 0.180. The molecule has 0 radical (unpaired) electrons. The molecule has 3 aromatic rings. The standard InChI is InChI=1S/C30H37ClN2O4S/c1-36-22-10-11-26-24(19-22)23(25(31)21-32-26)7-5-12-30(20-29(34)35)13-16-33(17-14-30)15-6-18-38-28-9-4-3-8-27(28)37-2/h3-4,8-11,19,21H,5-7,12-18,20H2,1-2H3,(H,34,35). The van der Waals surface area contributed by atoms with Crippen molar-refractivity contribution in [2.45, 2.75) is 49.8 Å². The van der Waals surface area contributed by atoms with Crippen LogP contribution in [0.3, 0.4) is 0 Å². The molecule has 6 nitrogen and oxygen atoms in total. The van der Waals surface area contributed by atoms with Gasteiger partial charge in [-0.05, 0) is 105 Å². The fraction of sp³-hybridized carbons (Fsp3) is 0.467. The minimum atomic E-state index is -0.705. The molecule has 0 unspecified atom stereocenters. The zero-order chi connectivity index (χ0) is 27.0. The van der Waals surface area contributed by atoms with Crippen molar-refractivity contribution in [3.05, 3.63) is 59.2 Å². The maximum atomic E-state index is 11.8. The van der Waals surface area contributed by atoms with Gasteiger partial charge in [-0.1, -0.05) is 23.7 Å². The number of carboxylic acid groups (broad SMARTS) is 1. The molecule has 8 heteroatoms. The van der Waals surface area contributed by atoms with E-state index in [2.05, 4.69) is 16.0 Å². The summed E-state index contributed by atoms with van der Waals surface area (Å²) in [5.41, 5.74) is 1.79. The van der Waals surface area contributed by atoms with E-state index in [1.807, 2.05) is 48.2 Å². The van der Waals surface area contributed by atoms with Gasteiger partial charge in [-0.15, -0.1) is 11.8 Å². The van der Waals surface area contributed by atoms with Crippen molar-refractivity contribution in [3.63, 3.8) is 0 Å². The van der Waals surface area contributed by atoms with E-state index < -0.39 is 5.97 Å². The third-order valence-corrected chi connectivity index (χ3v) is 9.12. The van der Waals surface area contributed by atoms with Crippen molar-refractivity contribution in [1.82, 2.24) is 9.88 Å². The van der Waals surface area contributed by atoms with Crippen LogP contribution in [0.15, 0.2) is 53.6 Å². The van der Waals surface area contributed by atoms with Gasteiger partial charge in [-0.3, -0.25) is 9.78 Å². The van der Waals surface area contributed by atoms with E-state index in [-0.39, 0.29) is 11.8 Å². The summed E-state index contributed by atoms with van der Waals surface area (Å²) in [6.07, 6.45) is 7.41. The number of benzene rings is 2. The van der Waals surface area contributed by atoms with Gasteiger partial charge in [0.2, 0.25) is 0 Å². The van der Waals surface area contributed by atoms with Crippen molar-refractivity contribution in [2.75, 3.05) is 39.6 Å². The predicted octanol–water partition coefficient (Wildman–Crippen LogP) is 6.97. The summed E-state index contributed by atoms with van der Waals surface area (Å²) in [6.45, 7) is 2.93. The van der Waals surface area contributed by atoms with Crippen LogP contribution >= 0.6 is 23.4 Å². The highest BCUT2D eigenvalue weighted by atomic mass is 35.5. The summed E-state index contributed by atoms with van der Waals surface area (Å²) in [7, 11) is 3.36. The topological polar surface area (TPSA) is 71.9 Å². The molecule has 1 aliphatic heterocycles. The number of fused-ring (bicyclic) bond motifs is 1. The molecule has 1 saturated heterocycles. The third-order valence-electron chi connectivity index (χ3n) is 7.66. The van der Waals surface area contributed by atoms with E-state index in [4.69, 9.17) is 21.1 Å². The van der Waals surface area contributed by atoms with Crippen LogP contribution < -0.4 is 9.47 Å². The molecule has 2 aromatic carbocycles. The molecule has 38 heavy (non-hydrogen) atoms. The maximum absolute atomic E-state index is 11.8. The largest absolute Gasteiger partial charge is 0.497 e. The summed E-state index contributed by atoms with van der Waals surface area (Å²) >= 11 is 8.39. The van der Waals surface area contributed by atoms with Gasteiger partial charge in [-0.25, -0.2) is 0 Å². The Hall–Kier alpha value is -2.48. The molecular formula is C30H37ClN2O4S. The maximum Gasteiger partial charge on any atom is 0.303 e. The highest BCUT2D eigenvalue weighted by Gasteiger charge is 2.36. The lowest BCUT2D eigenvalue weighted by Crippen LogP contribution is -2.41. The number of rotatable bonds is 13. The highest BCUT2D eigenvalue weighted by Crippen LogP contribution is 2.41. The van der Waals surface area contributed by atoms with Crippen LogP contribution in [-0.2, 0) is 11.2 Å².